The van der Waals surface area contributed by atoms with Crippen LogP contribution in [0.4, 0.5) is 0 Å². The SMILES string of the molecule is Cc1cc(C)c(-c2cc(C)c(OP(=O)(O)OCCC[C@H](C(=O)O)N3CCN(CC(=O)NCC(=O)O)CCN(CC(=O)NCC(=O)O)CCN(CC(=O)NCC(=O)O)CC3)cc2C)c(C)c1.[Gd+3]. The Morgan fingerprint density at radius 2 is 1.03 bits per heavy atom. The maximum atomic E-state index is 13.2. The van der Waals surface area contributed by atoms with Crippen molar-refractivity contribution in [3.05, 3.63) is 52.1 Å². The fourth-order valence-electron chi connectivity index (χ4n) is 7.47. The summed E-state index contributed by atoms with van der Waals surface area (Å²) in [7, 11) is -4.69. The number of aryl methyl sites for hydroxylation is 5. The summed E-state index contributed by atoms with van der Waals surface area (Å²) in [5.41, 5.74) is 6.73. The second-order valence-corrected chi connectivity index (χ2v) is 17.3. The first-order valence-electron chi connectivity index (χ1n) is 21.0. The van der Waals surface area contributed by atoms with Crippen molar-refractivity contribution < 1.29 is 112 Å². The molecule has 1 aliphatic rings. The van der Waals surface area contributed by atoms with Gasteiger partial charge in [-0.2, -0.15) is 0 Å². The van der Waals surface area contributed by atoms with Crippen LogP contribution in [0.15, 0.2) is 24.3 Å². The molecule has 2 aromatic rings. The number of carbonyl (C=O) groups is 7. The molecule has 1 heterocycles. The Kier molecular flexibility index (Phi) is 24.8. The molecule has 24 heteroatoms. The number of phosphoric acid groups is 1. The number of hydrogen-bond acceptors (Lipinski definition) is 14. The van der Waals surface area contributed by atoms with Crippen molar-refractivity contribution in [1.82, 2.24) is 35.6 Å². The maximum Gasteiger partial charge on any atom is 3.00 e. The quantitative estimate of drug-likeness (QED) is 0.0586. The van der Waals surface area contributed by atoms with Gasteiger partial charge in [0.1, 0.15) is 31.4 Å². The van der Waals surface area contributed by atoms with Gasteiger partial charge in [0.05, 0.1) is 26.2 Å². The molecule has 0 aliphatic carbocycles. The predicted molar refractivity (Wildman–Crippen MR) is 235 cm³/mol. The molecule has 365 valence electrons. The monoisotopic (exact) mass is 1090 g/mol. The Bertz CT molecular complexity index is 2020. The van der Waals surface area contributed by atoms with E-state index in [1.54, 1.807) is 32.6 Å². The first-order valence-corrected chi connectivity index (χ1v) is 22.5. The van der Waals surface area contributed by atoms with Gasteiger partial charge in [-0.1, -0.05) is 17.7 Å². The van der Waals surface area contributed by atoms with Crippen LogP contribution in [0.3, 0.4) is 0 Å². The van der Waals surface area contributed by atoms with Gasteiger partial charge >= 0.3 is 71.6 Å². The van der Waals surface area contributed by atoms with E-state index in [9.17, 15) is 48.1 Å². The van der Waals surface area contributed by atoms with Crippen LogP contribution in [-0.2, 0) is 42.7 Å². The van der Waals surface area contributed by atoms with Crippen molar-refractivity contribution in [2.75, 3.05) is 98.2 Å². The smallest absolute Gasteiger partial charge is 0.480 e. The van der Waals surface area contributed by atoms with Gasteiger partial charge in [-0.05, 0) is 93.0 Å². The summed E-state index contributed by atoms with van der Waals surface area (Å²) in [6, 6.07) is 6.53. The van der Waals surface area contributed by atoms with E-state index in [1.807, 2.05) is 33.8 Å². The molecular weight excluding hydrogens is 1030 g/mol. The number of amides is 3. The molecule has 22 nitrogen and oxygen atoms in total. The summed E-state index contributed by atoms with van der Waals surface area (Å²) in [6.07, 6.45) is -0.0827. The number of carboxylic acids is 4. The molecule has 1 unspecified atom stereocenters. The topological polar surface area (TPSA) is 305 Å². The fourth-order valence-corrected chi connectivity index (χ4v) is 8.33. The number of aliphatic carboxylic acids is 4. The van der Waals surface area contributed by atoms with Gasteiger partial charge in [0, 0.05) is 52.4 Å². The van der Waals surface area contributed by atoms with Gasteiger partial charge in [-0.25, -0.2) is 4.57 Å². The zero-order valence-corrected chi connectivity index (χ0v) is 41.0. The third kappa shape index (κ3) is 20.8. The van der Waals surface area contributed by atoms with Gasteiger partial charge in [0.2, 0.25) is 17.7 Å². The molecule has 2 aromatic carbocycles. The Morgan fingerprint density at radius 1 is 0.621 bits per heavy atom. The zero-order valence-electron chi connectivity index (χ0n) is 37.8. The fraction of sp³-hybridized carbons (Fsp3) is 0.548. The molecule has 1 fully saturated rings. The van der Waals surface area contributed by atoms with E-state index in [1.165, 1.54) is 0 Å². The number of hydrogen-bond donors (Lipinski definition) is 8. The molecule has 0 saturated carbocycles. The van der Waals surface area contributed by atoms with Crippen molar-refractivity contribution in [2.45, 2.75) is 53.5 Å². The van der Waals surface area contributed by atoms with Gasteiger partial charge in [-0.3, -0.25) is 62.6 Å². The van der Waals surface area contributed by atoms with Crippen LogP contribution in [0.25, 0.3) is 11.1 Å². The van der Waals surface area contributed by atoms with Crippen LogP contribution in [0.2, 0.25) is 0 Å². The third-order valence-corrected chi connectivity index (χ3v) is 11.5. The van der Waals surface area contributed by atoms with E-state index in [0.29, 0.717) is 5.56 Å². The molecule has 3 rings (SSSR count). The first-order chi connectivity index (χ1) is 30.5. The summed E-state index contributed by atoms with van der Waals surface area (Å²) in [6.45, 7) is 7.27. The molecular formula is C42H62GdN7O15P+3. The predicted octanol–water partition coefficient (Wildman–Crippen LogP) is 0.449. The molecule has 0 bridgehead atoms. The molecule has 1 radical (unpaired) electrons. The molecule has 1 aliphatic heterocycles. The summed E-state index contributed by atoms with van der Waals surface area (Å²) < 4.78 is 24.0. The van der Waals surface area contributed by atoms with Gasteiger partial charge in [0.15, 0.2) is 0 Å². The third-order valence-electron chi connectivity index (χ3n) is 10.6. The summed E-state index contributed by atoms with van der Waals surface area (Å²) >= 11 is 0. The average Bonchev–Trinajstić information content (AvgIpc) is 3.19. The van der Waals surface area contributed by atoms with E-state index in [4.69, 9.17) is 24.4 Å². The standard InChI is InChI=1S/C42H62N7O15P.Gd/c1-27-17-30(4)41(31(5)18-27)32-19-29(3)34(20-28(32)2)64-65(61,62)63-16-6-7-33(42(59)60)49-14-12-47(25-36(51)44-22-39(55)56)10-8-46(24-35(50)43-21-38(53)54)9-11-48(13-15-49)26-37(52)45-23-40(57)58;/h17-20,33H,6-16,21-26H2,1-5H3,(H,43,50)(H,44,51)(H,45,52)(H,53,54)(H,55,56)(H,57,58)(H,59,60)(H,61,62);/q;+3/t33-;/m1./s1. The molecule has 0 spiro atoms. The number of nitrogens with zero attached hydrogens (tertiary/aromatic N) is 4. The van der Waals surface area contributed by atoms with Crippen molar-refractivity contribution in [3.63, 3.8) is 0 Å². The van der Waals surface area contributed by atoms with Crippen LogP contribution in [-0.4, -0.2) is 191 Å². The number of phosphoric ester groups is 1. The minimum atomic E-state index is -4.69. The number of nitrogens with one attached hydrogen (secondary N) is 3. The van der Waals surface area contributed by atoms with E-state index < -0.39 is 75.1 Å². The number of carboxylic acid groups (broad SMARTS) is 4. The van der Waals surface area contributed by atoms with Crippen LogP contribution >= 0.6 is 7.82 Å². The maximum absolute atomic E-state index is 13.2. The van der Waals surface area contributed by atoms with Crippen LogP contribution in [0.1, 0.15) is 40.7 Å². The Balaban J connectivity index is 0.0000150. The Morgan fingerprint density at radius 3 is 1.42 bits per heavy atom. The molecule has 0 aromatic heterocycles. The molecule has 8 N–H and O–H groups in total. The Hall–Kier alpha value is -4.16. The summed E-state index contributed by atoms with van der Waals surface area (Å²) in [5, 5.41) is 44.5. The second-order valence-electron chi connectivity index (χ2n) is 16.0. The van der Waals surface area contributed by atoms with Gasteiger partial charge in [0.25, 0.3) is 0 Å². The van der Waals surface area contributed by atoms with E-state index >= 15 is 0 Å². The molecule has 2 atom stereocenters. The largest absolute Gasteiger partial charge is 3.00 e. The first kappa shape index (κ1) is 58.0. The Labute approximate surface area is 415 Å². The van der Waals surface area contributed by atoms with Crippen molar-refractivity contribution >= 4 is 49.4 Å². The van der Waals surface area contributed by atoms with Crippen molar-refractivity contribution in [3.8, 4) is 16.9 Å². The molecule has 1 saturated heterocycles. The van der Waals surface area contributed by atoms with E-state index in [2.05, 4.69) is 28.1 Å². The summed E-state index contributed by atoms with van der Waals surface area (Å²) in [4.78, 5) is 102. The molecule has 66 heavy (non-hydrogen) atoms. The number of rotatable bonds is 22. The normalized spacial score (nSPS) is 16.0. The minimum Gasteiger partial charge on any atom is -0.480 e. The van der Waals surface area contributed by atoms with Gasteiger partial charge < -0.3 is 40.9 Å². The zero-order chi connectivity index (χ0) is 48.4. The van der Waals surface area contributed by atoms with Crippen LogP contribution in [0.5, 0.6) is 5.75 Å². The minimum absolute atomic E-state index is 0. The van der Waals surface area contributed by atoms with Crippen LogP contribution in [0, 0.1) is 74.6 Å². The van der Waals surface area contributed by atoms with E-state index in [0.717, 1.165) is 33.4 Å². The molecule has 3 amide bonds. The number of carbonyl (C=O) groups excluding carboxylic acids is 3. The average molecular weight is 1090 g/mol. The van der Waals surface area contributed by atoms with Crippen molar-refractivity contribution in [2.24, 2.45) is 0 Å². The van der Waals surface area contributed by atoms with Gasteiger partial charge in [-0.15, -0.1) is 0 Å². The van der Waals surface area contributed by atoms with Crippen molar-refractivity contribution in [1.29, 1.82) is 0 Å². The van der Waals surface area contributed by atoms with Crippen LogP contribution < -0.4 is 20.5 Å². The van der Waals surface area contributed by atoms with E-state index in [-0.39, 0.29) is 137 Å². The number of benzene rings is 2. The second kappa shape index (κ2) is 28.2. The summed E-state index contributed by atoms with van der Waals surface area (Å²) in [5.74, 6) is -6.74.